The van der Waals surface area contributed by atoms with E-state index in [0.717, 1.165) is 0 Å². The van der Waals surface area contributed by atoms with Crippen molar-refractivity contribution >= 4 is 29.2 Å². The van der Waals surface area contributed by atoms with Crippen LogP contribution in [0, 0.1) is 5.41 Å². The second-order valence-corrected chi connectivity index (χ2v) is 4.93. The normalized spacial score (nSPS) is 11.1. The van der Waals surface area contributed by atoms with Crippen LogP contribution in [0.25, 0.3) is 0 Å². The predicted octanol–water partition coefficient (Wildman–Crippen LogP) is 0.558. The summed E-state index contributed by atoms with van der Waals surface area (Å²) in [5, 5.41) is 2.77. The van der Waals surface area contributed by atoms with Gasteiger partial charge in [-0.05, 0) is 19.9 Å². The van der Waals surface area contributed by atoms with Gasteiger partial charge in [-0.1, -0.05) is 11.6 Å². The Morgan fingerprint density at radius 3 is 2.67 bits per heavy atom. The lowest BCUT2D eigenvalue weighted by Crippen LogP contribution is -2.42. The third-order valence-corrected chi connectivity index (χ3v) is 2.78. The van der Waals surface area contributed by atoms with Crippen molar-refractivity contribution in [2.75, 3.05) is 12.3 Å². The van der Waals surface area contributed by atoms with E-state index >= 15 is 0 Å². The number of hydrogen-bond acceptors (Lipinski definition) is 4. The maximum atomic E-state index is 11.9. The van der Waals surface area contributed by atoms with Gasteiger partial charge in [0, 0.05) is 12.7 Å². The standard InChI is InChI=1S/C11H15ClN4O2/c1-11(2,10(14)18)5-16-9(17)6-3-8(13)15-4-7(6)12/h3-4H,5H2,1-2H3,(H2,13,15)(H2,14,18)(H,16,17). The highest BCUT2D eigenvalue weighted by Crippen LogP contribution is 2.17. The lowest BCUT2D eigenvalue weighted by Gasteiger charge is -2.20. The highest BCUT2D eigenvalue weighted by molar-refractivity contribution is 6.33. The molecule has 2 amide bonds. The minimum atomic E-state index is -0.833. The summed E-state index contributed by atoms with van der Waals surface area (Å²) in [6, 6.07) is 1.37. The minimum absolute atomic E-state index is 0.111. The maximum absolute atomic E-state index is 11.9. The first-order chi connectivity index (χ1) is 8.24. The van der Waals surface area contributed by atoms with E-state index in [1.165, 1.54) is 12.3 Å². The number of hydrogen-bond donors (Lipinski definition) is 3. The van der Waals surface area contributed by atoms with E-state index in [0.29, 0.717) is 0 Å². The highest BCUT2D eigenvalue weighted by atomic mass is 35.5. The van der Waals surface area contributed by atoms with E-state index in [4.69, 9.17) is 23.1 Å². The van der Waals surface area contributed by atoms with Crippen molar-refractivity contribution in [3.63, 3.8) is 0 Å². The number of rotatable bonds is 4. The molecule has 0 saturated carbocycles. The van der Waals surface area contributed by atoms with Gasteiger partial charge in [-0.2, -0.15) is 0 Å². The summed E-state index contributed by atoms with van der Waals surface area (Å²) in [7, 11) is 0. The topological polar surface area (TPSA) is 111 Å². The van der Waals surface area contributed by atoms with Crippen molar-refractivity contribution in [3.8, 4) is 0 Å². The highest BCUT2D eigenvalue weighted by Gasteiger charge is 2.26. The summed E-state index contributed by atoms with van der Waals surface area (Å²) in [5.41, 5.74) is 10.1. The minimum Gasteiger partial charge on any atom is -0.384 e. The maximum Gasteiger partial charge on any atom is 0.253 e. The molecular formula is C11H15ClN4O2. The molecule has 0 aliphatic heterocycles. The van der Waals surface area contributed by atoms with Crippen molar-refractivity contribution in [3.05, 3.63) is 22.8 Å². The lowest BCUT2D eigenvalue weighted by molar-refractivity contribution is -0.125. The Balaban J connectivity index is 2.78. The number of halogens is 1. The third kappa shape index (κ3) is 3.33. The van der Waals surface area contributed by atoms with E-state index in [1.54, 1.807) is 13.8 Å². The van der Waals surface area contributed by atoms with Gasteiger partial charge in [-0.15, -0.1) is 0 Å². The summed E-state index contributed by atoms with van der Waals surface area (Å²) in [6.45, 7) is 3.38. The number of nitrogen functional groups attached to an aromatic ring is 1. The van der Waals surface area contributed by atoms with Crippen LogP contribution in [-0.4, -0.2) is 23.3 Å². The van der Waals surface area contributed by atoms with Gasteiger partial charge in [0.25, 0.3) is 5.91 Å². The van der Waals surface area contributed by atoms with E-state index in [-0.39, 0.29) is 22.9 Å². The molecule has 1 heterocycles. The van der Waals surface area contributed by atoms with Crippen LogP contribution in [0.5, 0.6) is 0 Å². The fourth-order valence-corrected chi connectivity index (χ4v) is 1.30. The molecule has 0 atom stereocenters. The van der Waals surface area contributed by atoms with E-state index in [2.05, 4.69) is 10.3 Å². The third-order valence-electron chi connectivity index (χ3n) is 2.48. The Bertz CT molecular complexity index is 488. The van der Waals surface area contributed by atoms with Gasteiger partial charge in [0.1, 0.15) is 5.82 Å². The molecule has 18 heavy (non-hydrogen) atoms. The molecule has 0 bridgehead atoms. The van der Waals surface area contributed by atoms with Crippen LogP contribution in [0.2, 0.25) is 5.02 Å². The van der Waals surface area contributed by atoms with Gasteiger partial charge in [0.2, 0.25) is 5.91 Å². The van der Waals surface area contributed by atoms with Gasteiger partial charge in [-0.3, -0.25) is 9.59 Å². The number of aromatic nitrogens is 1. The van der Waals surface area contributed by atoms with Crippen LogP contribution in [0.1, 0.15) is 24.2 Å². The van der Waals surface area contributed by atoms with Gasteiger partial charge >= 0.3 is 0 Å². The van der Waals surface area contributed by atoms with Crippen LogP contribution in [0.3, 0.4) is 0 Å². The fraction of sp³-hybridized carbons (Fsp3) is 0.364. The molecule has 0 saturated heterocycles. The van der Waals surface area contributed by atoms with Crippen molar-refractivity contribution < 1.29 is 9.59 Å². The molecule has 0 unspecified atom stereocenters. The number of amides is 2. The largest absolute Gasteiger partial charge is 0.384 e. The first kappa shape index (κ1) is 14.2. The molecule has 0 aromatic carbocycles. The second kappa shape index (κ2) is 5.22. The van der Waals surface area contributed by atoms with Crippen molar-refractivity contribution in [1.82, 2.24) is 10.3 Å². The number of nitrogens with two attached hydrogens (primary N) is 2. The summed E-state index contributed by atoms with van der Waals surface area (Å²) < 4.78 is 0. The van der Waals surface area contributed by atoms with Gasteiger partial charge in [-0.25, -0.2) is 4.98 Å². The number of nitrogens with one attached hydrogen (secondary N) is 1. The Morgan fingerprint density at radius 1 is 1.50 bits per heavy atom. The van der Waals surface area contributed by atoms with Crippen LogP contribution < -0.4 is 16.8 Å². The van der Waals surface area contributed by atoms with E-state index in [1.807, 2.05) is 0 Å². The van der Waals surface area contributed by atoms with Crippen LogP contribution >= 0.6 is 11.6 Å². The lowest BCUT2D eigenvalue weighted by atomic mass is 9.92. The van der Waals surface area contributed by atoms with Crippen LogP contribution in [0.4, 0.5) is 5.82 Å². The Labute approximate surface area is 110 Å². The summed E-state index contributed by atoms with van der Waals surface area (Å²) in [5.74, 6) is -0.731. The SMILES string of the molecule is CC(C)(CNC(=O)c1cc(N)ncc1Cl)C(N)=O. The zero-order valence-corrected chi connectivity index (χ0v) is 10.9. The number of nitrogens with zero attached hydrogens (tertiary/aromatic N) is 1. The number of pyridine rings is 1. The zero-order valence-electron chi connectivity index (χ0n) is 10.2. The zero-order chi connectivity index (χ0) is 13.9. The van der Waals surface area contributed by atoms with Gasteiger partial charge in [0.05, 0.1) is 16.0 Å². The fourth-order valence-electron chi connectivity index (χ4n) is 1.11. The second-order valence-electron chi connectivity index (χ2n) is 4.52. The average Bonchev–Trinajstić information content (AvgIpc) is 2.29. The molecule has 0 fully saturated rings. The molecule has 6 nitrogen and oxygen atoms in total. The molecule has 0 aliphatic rings. The van der Waals surface area contributed by atoms with Crippen molar-refractivity contribution in [2.24, 2.45) is 11.1 Å². The number of carbonyl (C=O) groups is 2. The molecule has 0 aliphatic carbocycles. The first-order valence-electron chi connectivity index (χ1n) is 5.23. The van der Waals surface area contributed by atoms with E-state index in [9.17, 15) is 9.59 Å². The average molecular weight is 271 g/mol. The molecule has 98 valence electrons. The summed E-state index contributed by atoms with van der Waals surface area (Å²) in [6.07, 6.45) is 1.30. The molecular weight excluding hydrogens is 256 g/mol. The Morgan fingerprint density at radius 2 is 2.11 bits per heavy atom. The molecule has 1 aromatic rings. The molecule has 0 spiro atoms. The Kier molecular flexibility index (Phi) is 4.13. The molecule has 7 heteroatoms. The molecule has 1 rings (SSSR count). The van der Waals surface area contributed by atoms with E-state index < -0.39 is 17.2 Å². The van der Waals surface area contributed by atoms with Crippen molar-refractivity contribution in [1.29, 1.82) is 0 Å². The monoisotopic (exact) mass is 270 g/mol. The van der Waals surface area contributed by atoms with Crippen LogP contribution in [-0.2, 0) is 4.79 Å². The van der Waals surface area contributed by atoms with Crippen LogP contribution in [0.15, 0.2) is 12.3 Å². The smallest absolute Gasteiger partial charge is 0.253 e. The summed E-state index contributed by atoms with van der Waals surface area (Å²) in [4.78, 5) is 26.7. The first-order valence-corrected chi connectivity index (χ1v) is 5.61. The van der Waals surface area contributed by atoms with Gasteiger partial charge < -0.3 is 16.8 Å². The number of primary amides is 1. The molecule has 5 N–H and O–H groups in total. The summed E-state index contributed by atoms with van der Waals surface area (Å²) >= 11 is 5.83. The Hall–Kier alpha value is -1.82. The molecule has 0 radical (unpaired) electrons. The molecule has 1 aromatic heterocycles. The van der Waals surface area contributed by atoms with Crippen molar-refractivity contribution in [2.45, 2.75) is 13.8 Å². The van der Waals surface area contributed by atoms with Gasteiger partial charge in [0.15, 0.2) is 0 Å². The number of carbonyl (C=O) groups excluding carboxylic acids is 2. The predicted molar refractivity (Wildman–Crippen MR) is 69.0 cm³/mol. The quantitative estimate of drug-likeness (QED) is 0.742. The number of anilines is 1.